The fourth-order valence-electron chi connectivity index (χ4n) is 2.64. The van der Waals surface area contributed by atoms with Crippen molar-refractivity contribution in [3.8, 4) is 0 Å². The Balaban J connectivity index is 1.62. The molecule has 0 atom stereocenters. The standard InChI is InChI=1S/C16H18N2O5/c19-14-4-5-15(20)18(14)23-16(21)11-12-2-1-3-13(10-12)17-6-8-22-9-7-17/h1-3,10H,4-9,11H2. The van der Waals surface area contributed by atoms with Crippen LogP contribution in [0, 0.1) is 0 Å². The molecule has 3 rings (SSSR count). The largest absolute Gasteiger partial charge is 0.378 e. The Labute approximate surface area is 133 Å². The molecule has 23 heavy (non-hydrogen) atoms. The molecule has 0 unspecified atom stereocenters. The summed E-state index contributed by atoms with van der Waals surface area (Å²) in [6.07, 6.45) is 0.201. The van der Waals surface area contributed by atoms with Crippen molar-refractivity contribution in [2.24, 2.45) is 0 Å². The summed E-state index contributed by atoms with van der Waals surface area (Å²) in [4.78, 5) is 41.9. The molecule has 1 aromatic carbocycles. The number of hydrogen-bond donors (Lipinski definition) is 0. The topological polar surface area (TPSA) is 76.2 Å². The van der Waals surface area contributed by atoms with E-state index < -0.39 is 17.8 Å². The highest BCUT2D eigenvalue weighted by atomic mass is 16.7. The molecule has 2 amide bonds. The van der Waals surface area contributed by atoms with Gasteiger partial charge in [-0.1, -0.05) is 12.1 Å². The lowest BCUT2D eigenvalue weighted by Gasteiger charge is -2.29. The molecule has 0 radical (unpaired) electrons. The van der Waals surface area contributed by atoms with Crippen LogP contribution in [0.2, 0.25) is 0 Å². The molecule has 1 aromatic rings. The van der Waals surface area contributed by atoms with E-state index in [4.69, 9.17) is 9.57 Å². The number of imide groups is 1. The first-order valence-corrected chi connectivity index (χ1v) is 7.62. The Morgan fingerprint density at radius 3 is 2.52 bits per heavy atom. The molecule has 7 nitrogen and oxygen atoms in total. The first-order chi connectivity index (χ1) is 11.1. The Hall–Kier alpha value is -2.41. The van der Waals surface area contributed by atoms with Crippen molar-refractivity contribution in [3.05, 3.63) is 29.8 Å². The summed E-state index contributed by atoms with van der Waals surface area (Å²) < 4.78 is 5.33. The number of benzene rings is 1. The van der Waals surface area contributed by atoms with Crippen LogP contribution < -0.4 is 4.90 Å². The van der Waals surface area contributed by atoms with Crippen LogP contribution in [0.3, 0.4) is 0 Å². The summed E-state index contributed by atoms with van der Waals surface area (Å²) in [6.45, 7) is 2.99. The van der Waals surface area contributed by atoms with Crippen LogP contribution >= 0.6 is 0 Å². The maximum absolute atomic E-state index is 11.9. The molecule has 0 N–H and O–H groups in total. The predicted octanol–water partition coefficient (Wildman–Crippen LogP) is 0.673. The fraction of sp³-hybridized carbons (Fsp3) is 0.438. The lowest BCUT2D eigenvalue weighted by molar-refractivity contribution is -0.197. The summed E-state index contributed by atoms with van der Waals surface area (Å²) in [5.41, 5.74) is 1.80. The van der Waals surface area contributed by atoms with Crippen LogP contribution in [0.15, 0.2) is 24.3 Å². The highest BCUT2D eigenvalue weighted by Crippen LogP contribution is 2.19. The quantitative estimate of drug-likeness (QED) is 0.760. The van der Waals surface area contributed by atoms with E-state index >= 15 is 0 Å². The fourth-order valence-corrected chi connectivity index (χ4v) is 2.64. The molecule has 2 saturated heterocycles. The van der Waals surface area contributed by atoms with Crippen molar-refractivity contribution < 1.29 is 24.0 Å². The Morgan fingerprint density at radius 2 is 1.83 bits per heavy atom. The molecular formula is C16H18N2O5. The molecule has 122 valence electrons. The van der Waals surface area contributed by atoms with Gasteiger partial charge in [-0.15, -0.1) is 5.06 Å². The summed E-state index contributed by atoms with van der Waals surface area (Å²) in [7, 11) is 0. The summed E-state index contributed by atoms with van der Waals surface area (Å²) in [5, 5.41) is 0.578. The van der Waals surface area contributed by atoms with Gasteiger partial charge < -0.3 is 14.5 Å². The summed E-state index contributed by atoms with van der Waals surface area (Å²) in [6, 6.07) is 7.59. The number of hydrogen-bond acceptors (Lipinski definition) is 6. The smallest absolute Gasteiger partial charge is 0.337 e. The van der Waals surface area contributed by atoms with Crippen LogP contribution in [-0.2, 0) is 30.4 Å². The van der Waals surface area contributed by atoms with E-state index in [0.29, 0.717) is 18.3 Å². The number of nitrogens with zero attached hydrogens (tertiary/aromatic N) is 2. The molecule has 0 aromatic heterocycles. The second-order valence-electron chi connectivity index (χ2n) is 5.49. The highest BCUT2D eigenvalue weighted by Gasteiger charge is 2.32. The summed E-state index contributed by atoms with van der Waals surface area (Å²) in [5.74, 6) is -1.55. The lowest BCUT2D eigenvalue weighted by atomic mass is 10.1. The molecule has 2 aliphatic heterocycles. The SMILES string of the molecule is O=C(Cc1cccc(N2CCOCC2)c1)ON1C(=O)CCC1=O. The van der Waals surface area contributed by atoms with Crippen LogP contribution in [0.4, 0.5) is 5.69 Å². The number of hydroxylamine groups is 2. The first-order valence-electron chi connectivity index (χ1n) is 7.62. The van der Waals surface area contributed by atoms with Crippen LogP contribution in [0.25, 0.3) is 0 Å². The predicted molar refractivity (Wildman–Crippen MR) is 80.4 cm³/mol. The number of amides is 2. The van der Waals surface area contributed by atoms with E-state index in [1.54, 1.807) is 0 Å². The Bertz CT molecular complexity index is 609. The second-order valence-corrected chi connectivity index (χ2v) is 5.49. The van der Waals surface area contributed by atoms with E-state index in [1.807, 2.05) is 24.3 Å². The zero-order valence-corrected chi connectivity index (χ0v) is 12.7. The molecule has 2 heterocycles. The van der Waals surface area contributed by atoms with Gasteiger partial charge in [-0.05, 0) is 17.7 Å². The van der Waals surface area contributed by atoms with Gasteiger partial charge in [0.2, 0.25) is 0 Å². The minimum atomic E-state index is -0.618. The van der Waals surface area contributed by atoms with Gasteiger partial charge in [-0.25, -0.2) is 4.79 Å². The molecular weight excluding hydrogens is 300 g/mol. The molecule has 2 fully saturated rings. The number of rotatable bonds is 4. The second kappa shape index (κ2) is 6.78. The Kier molecular flexibility index (Phi) is 4.57. The van der Waals surface area contributed by atoms with E-state index in [2.05, 4.69) is 4.90 Å². The van der Waals surface area contributed by atoms with Gasteiger partial charge in [-0.3, -0.25) is 9.59 Å². The maximum Gasteiger partial charge on any atom is 0.337 e. The number of anilines is 1. The molecule has 0 bridgehead atoms. The van der Waals surface area contributed by atoms with Crippen LogP contribution in [-0.4, -0.2) is 49.2 Å². The molecule has 0 saturated carbocycles. The zero-order valence-electron chi connectivity index (χ0n) is 12.7. The van der Waals surface area contributed by atoms with Crippen molar-refractivity contribution in [1.82, 2.24) is 5.06 Å². The van der Waals surface area contributed by atoms with Gasteiger partial charge in [0.25, 0.3) is 11.8 Å². The highest BCUT2D eigenvalue weighted by molar-refractivity contribution is 6.01. The van der Waals surface area contributed by atoms with Crippen molar-refractivity contribution in [1.29, 1.82) is 0 Å². The van der Waals surface area contributed by atoms with Crippen molar-refractivity contribution >= 4 is 23.5 Å². The average Bonchev–Trinajstić information content (AvgIpc) is 2.88. The van der Waals surface area contributed by atoms with Gasteiger partial charge in [0, 0.05) is 31.6 Å². The lowest BCUT2D eigenvalue weighted by Crippen LogP contribution is -2.36. The van der Waals surface area contributed by atoms with Crippen molar-refractivity contribution in [2.45, 2.75) is 19.3 Å². The number of ether oxygens (including phenoxy) is 1. The molecule has 2 aliphatic rings. The van der Waals surface area contributed by atoms with E-state index in [-0.39, 0.29) is 19.3 Å². The molecule has 7 heteroatoms. The van der Waals surface area contributed by atoms with Crippen molar-refractivity contribution in [3.63, 3.8) is 0 Å². The van der Waals surface area contributed by atoms with Gasteiger partial charge in [0.05, 0.1) is 19.6 Å². The summed E-state index contributed by atoms with van der Waals surface area (Å²) >= 11 is 0. The number of carbonyl (C=O) groups excluding carboxylic acids is 3. The van der Waals surface area contributed by atoms with Gasteiger partial charge in [0.15, 0.2) is 0 Å². The zero-order chi connectivity index (χ0) is 16.2. The van der Waals surface area contributed by atoms with Crippen LogP contribution in [0.1, 0.15) is 18.4 Å². The minimum absolute atomic E-state index is 0.00917. The van der Waals surface area contributed by atoms with E-state index in [0.717, 1.165) is 24.3 Å². The van der Waals surface area contributed by atoms with Gasteiger partial charge in [0.1, 0.15) is 0 Å². The van der Waals surface area contributed by atoms with Gasteiger partial charge >= 0.3 is 5.97 Å². The van der Waals surface area contributed by atoms with Gasteiger partial charge in [-0.2, -0.15) is 0 Å². The van der Waals surface area contributed by atoms with Crippen molar-refractivity contribution in [2.75, 3.05) is 31.2 Å². The normalized spacial score (nSPS) is 18.4. The maximum atomic E-state index is 11.9. The third-order valence-corrected chi connectivity index (χ3v) is 3.83. The molecule has 0 spiro atoms. The monoisotopic (exact) mass is 318 g/mol. The van der Waals surface area contributed by atoms with Crippen LogP contribution in [0.5, 0.6) is 0 Å². The Morgan fingerprint density at radius 1 is 1.13 bits per heavy atom. The first kappa shape index (κ1) is 15.5. The third-order valence-electron chi connectivity index (χ3n) is 3.83. The number of carbonyl (C=O) groups is 3. The number of morpholine rings is 1. The third kappa shape index (κ3) is 3.68. The van der Waals surface area contributed by atoms with E-state index in [9.17, 15) is 14.4 Å². The minimum Gasteiger partial charge on any atom is -0.378 e. The average molecular weight is 318 g/mol. The van der Waals surface area contributed by atoms with E-state index in [1.165, 1.54) is 0 Å². The molecule has 0 aliphatic carbocycles.